The van der Waals surface area contributed by atoms with Crippen LogP contribution in [0.2, 0.25) is 0 Å². The van der Waals surface area contributed by atoms with Crippen LogP contribution in [-0.2, 0) is 19.5 Å². The highest BCUT2D eigenvalue weighted by molar-refractivity contribution is 5.40. The maximum absolute atomic E-state index is 9.67. The SMILES string of the molecule is Oc1ccc2c(c1)CN(Cc1ccc(N3CCCC3)nc1)CC2. The fourth-order valence-electron chi connectivity index (χ4n) is 3.64. The van der Waals surface area contributed by atoms with Gasteiger partial charge < -0.3 is 10.0 Å². The van der Waals surface area contributed by atoms with E-state index < -0.39 is 0 Å². The second-order valence-electron chi connectivity index (χ2n) is 6.63. The molecule has 3 heterocycles. The first kappa shape index (κ1) is 14.5. The zero-order valence-electron chi connectivity index (χ0n) is 13.4. The highest BCUT2D eigenvalue weighted by Crippen LogP contribution is 2.24. The van der Waals surface area contributed by atoms with Crippen molar-refractivity contribution in [2.75, 3.05) is 24.5 Å². The molecule has 0 spiro atoms. The molecule has 0 radical (unpaired) electrons. The molecular weight excluding hydrogens is 286 g/mol. The fourth-order valence-corrected chi connectivity index (χ4v) is 3.64. The number of benzene rings is 1. The van der Waals surface area contributed by atoms with Crippen LogP contribution in [0.15, 0.2) is 36.5 Å². The van der Waals surface area contributed by atoms with Crippen molar-refractivity contribution < 1.29 is 5.11 Å². The summed E-state index contributed by atoms with van der Waals surface area (Å²) in [5.41, 5.74) is 3.87. The molecule has 0 amide bonds. The topological polar surface area (TPSA) is 39.6 Å². The Labute approximate surface area is 137 Å². The van der Waals surface area contributed by atoms with Gasteiger partial charge in [-0.3, -0.25) is 4.90 Å². The Morgan fingerprint density at radius 3 is 2.65 bits per heavy atom. The highest BCUT2D eigenvalue weighted by Gasteiger charge is 2.17. The van der Waals surface area contributed by atoms with Gasteiger partial charge in [-0.05, 0) is 54.2 Å². The van der Waals surface area contributed by atoms with Gasteiger partial charge in [0.15, 0.2) is 0 Å². The van der Waals surface area contributed by atoms with Crippen molar-refractivity contribution >= 4 is 5.82 Å². The van der Waals surface area contributed by atoms with Crippen LogP contribution in [0.1, 0.15) is 29.5 Å². The zero-order chi connectivity index (χ0) is 15.6. The summed E-state index contributed by atoms with van der Waals surface area (Å²) in [7, 11) is 0. The van der Waals surface area contributed by atoms with Crippen molar-refractivity contribution in [2.45, 2.75) is 32.4 Å². The molecule has 0 unspecified atom stereocenters. The number of aromatic nitrogens is 1. The smallest absolute Gasteiger partial charge is 0.128 e. The third-order valence-electron chi connectivity index (χ3n) is 4.93. The second kappa shape index (κ2) is 6.20. The second-order valence-corrected chi connectivity index (χ2v) is 6.63. The first-order chi connectivity index (χ1) is 11.3. The van der Waals surface area contributed by atoms with E-state index in [-0.39, 0.29) is 0 Å². The average Bonchev–Trinajstić information content (AvgIpc) is 3.10. The lowest BCUT2D eigenvalue weighted by atomic mass is 9.99. The van der Waals surface area contributed by atoms with Crippen LogP contribution < -0.4 is 4.90 Å². The van der Waals surface area contributed by atoms with Gasteiger partial charge in [0.1, 0.15) is 11.6 Å². The van der Waals surface area contributed by atoms with Gasteiger partial charge in [0.05, 0.1) is 0 Å². The van der Waals surface area contributed by atoms with Gasteiger partial charge in [-0.1, -0.05) is 12.1 Å². The average molecular weight is 309 g/mol. The number of rotatable bonds is 3. The number of aromatic hydroxyl groups is 1. The molecule has 1 aromatic carbocycles. The number of nitrogens with zero attached hydrogens (tertiary/aromatic N) is 3. The van der Waals surface area contributed by atoms with Crippen molar-refractivity contribution in [3.8, 4) is 5.75 Å². The number of phenolic OH excluding ortho intramolecular Hbond substituents is 1. The van der Waals surface area contributed by atoms with Gasteiger partial charge in [-0.2, -0.15) is 0 Å². The number of fused-ring (bicyclic) bond motifs is 1. The Balaban J connectivity index is 1.42. The van der Waals surface area contributed by atoms with Crippen LogP contribution in [0.3, 0.4) is 0 Å². The third kappa shape index (κ3) is 3.17. The Morgan fingerprint density at radius 2 is 1.87 bits per heavy atom. The van der Waals surface area contributed by atoms with E-state index >= 15 is 0 Å². The van der Waals surface area contributed by atoms with Crippen LogP contribution in [0, 0.1) is 0 Å². The number of hydrogen-bond donors (Lipinski definition) is 1. The molecule has 4 heteroatoms. The van der Waals surface area contributed by atoms with Gasteiger partial charge >= 0.3 is 0 Å². The van der Waals surface area contributed by atoms with E-state index in [0.29, 0.717) is 5.75 Å². The van der Waals surface area contributed by atoms with E-state index in [1.54, 1.807) is 6.07 Å². The summed E-state index contributed by atoms with van der Waals surface area (Å²) in [5, 5.41) is 9.67. The maximum atomic E-state index is 9.67. The van der Waals surface area contributed by atoms with Gasteiger partial charge in [-0.15, -0.1) is 0 Å². The molecule has 0 saturated carbocycles. The van der Waals surface area contributed by atoms with Crippen molar-refractivity contribution in [3.05, 3.63) is 53.2 Å². The molecule has 2 aliphatic heterocycles. The van der Waals surface area contributed by atoms with E-state index in [9.17, 15) is 5.11 Å². The molecule has 0 aliphatic carbocycles. The van der Waals surface area contributed by atoms with E-state index in [4.69, 9.17) is 0 Å². The number of hydrogen-bond acceptors (Lipinski definition) is 4. The molecular formula is C19H23N3O. The summed E-state index contributed by atoms with van der Waals surface area (Å²) in [4.78, 5) is 9.43. The molecule has 4 nitrogen and oxygen atoms in total. The van der Waals surface area contributed by atoms with Crippen LogP contribution in [0.25, 0.3) is 0 Å². The Hall–Kier alpha value is -2.07. The molecule has 23 heavy (non-hydrogen) atoms. The van der Waals surface area contributed by atoms with Crippen molar-refractivity contribution in [3.63, 3.8) is 0 Å². The molecule has 1 fully saturated rings. The summed E-state index contributed by atoms with van der Waals surface area (Å²) < 4.78 is 0. The molecule has 120 valence electrons. The minimum Gasteiger partial charge on any atom is -0.508 e. The Morgan fingerprint density at radius 1 is 1.00 bits per heavy atom. The molecule has 1 aromatic heterocycles. The Bertz CT molecular complexity index is 678. The predicted octanol–water partition coefficient (Wildman–Crippen LogP) is 2.95. The third-order valence-corrected chi connectivity index (χ3v) is 4.93. The van der Waals surface area contributed by atoms with Gasteiger partial charge in [-0.25, -0.2) is 4.98 Å². The lowest BCUT2D eigenvalue weighted by Gasteiger charge is -2.29. The van der Waals surface area contributed by atoms with E-state index in [1.807, 2.05) is 12.3 Å². The van der Waals surface area contributed by atoms with Crippen molar-refractivity contribution in [1.82, 2.24) is 9.88 Å². The fraction of sp³-hybridized carbons (Fsp3) is 0.421. The minimum absolute atomic E-state index is 0.363. The summed E-state index contributed by atoms with van der Waals surface area (Å²) in [5.74, 6) is 1.47. The number of pyridine rings is 1. The number of anilines is 1. The summed E-state index contributed by atoms with van der Waals surface area (Å²) in [6.07, 6.45) is 5.63. The standard InChI is InChI=1S/C19H23N3O/c23-18-5-4-16-7-10-21(14-17(16)11-18)13-15-3-6-19(20-12-15)22-8-1-2-9-22/h3-6,11-12,23H,1-2,7-10,13-14H2. The van der Waals surface area contributed by atoms with E-state index in [2.05, 4.69) is 33.0 Å². The van der Waals surface area contributed by atoms with Gasteiger partial charge in [0.2, 0.25) is 0 Å². The summed E-state index contributed by atoms with van der Waals surface area (Å²) in [6, 6.07) is 10.1. The highest BCUT2D eigenvalue weighted by atomic mass is 16.3. The summed E-state index contributed by atoms with van der Waals surface area (Å²) >= 11 is 0. The summed E-state index contributed by atoms with van der Waals surface area (Å²) in [6.45, 7) is 5.16. The van der Waals surface area contributed by atoms with E-state index in [0.717, 1.165) is 45.0 Å². The normalized spacial score (nSPS) is 18.2. The van der Waals surface area contributed by atoms with Crippen LogP contribution in [0.4, 0.5) is 5.82 Å². The number of phenols is 1. The van der Waals surface area contributed by atoms with E-state index in [1.165, 1.54) is 29.5 Å². The molecule has 0 bridgehead atoms. The monoisotopic (exact) mass is 309 g/mol. The van der Waals surface area contributed by atoms with Crippen molar-refractivity contribution in [1.29, 1.82) is 0 Å². The van der Waals surface area contributed by atoms with Crippen LogP contribution >= 0.6 is 0 Å². The minimum atomic E-state index is 0.363. The van der Waals surface area contributed by atoms with Gasteiger partial charge in [0, 0.05) is 38.9 Å². The molecule has 2 aliphatic rings. The first-order valence-corrected chi connectivity index (χ1v) is 8.51. The van der Waals surface area contributed by atoms with Gasteiger partial charge in [0.25, 0.3) is 0 Å². The van der Waals surface area contributed by atoms with Crippen molar-refractivity contribution in [2.24, 2.45) is 0 Å². The quantitative estimate of drug-likeness (QED) is 0.946. The Kier molecular flexibility index (Phi) is 3.92. The maximum Gasteiger partial charge on any atom is 0.128 e. The van der Waals surface area contributed by atoms with Crippen LogP contribution in [0.5, 0.6) is 5.75 Å². The predicted molar refractivity (Wildman–Crippen MR) is 91.6 cm³/mol. The molecule has 2 aromatic rings. The first-order valence-electron chi connectivity index (χ1n) is 8.51. The lowest BCUT2D eigenvalue weighted by molar-refractivity contribution is 0.245. The molecule has 4 rings (SSSR count). The lowest BCUT2D eigenvalue weighted by Crippen LogP contribution is -2.30. The van der Waals surface area contributed by atoms with Crippen LogP contribution in [-0.4, -0.2) is 34.6 Å². The molecule has 0 atom stereocenters. The molecule has 1 saturated heterocycles. The molecule has 1 N–H and O–H groups in total. The zero-order valence-corrected chi connectivity index (χ0v) is 13.4. The largest absolute Gasteiger partial charge is 0.508 e.